The first kappa shape index (κ1) is 21.7. The van der Waals surface area contributed by atoms with Crippen molar-refractivity contribution in [1.82, 2.24) is 0 Å². The highest BCUT2D eigenvalue weighted by Gasteiger charge is 2.38. The molecule has 0 fully saturated rings. The molecular weight excluding hydrogens is 414 g/mol. The van der Waals surface area contributed by atoms with Crippen molar-refractivity contribution in [1.29, 1.82) is 15.8 Å². The van der Waals surface area contributed by atoms with Crippen LogP contribution in [-0.2, 0) is 11.2 Å². The van der Waals surface area contributed by atoms with Gasteiger partial charge in [-0.3, -0.25) is 0 Å². The number of nitrogens with zero attached hydrogens (tertiary/aromatic N) is 3. The maximum absolute atomic E-state index is 12.6. The molecule has 4 rings (SSSR count). The molecule has 0 N–H and O–H groups in total. The highest BCUT2D eigenvalue weighted by atomic mass is 16.5. The van der Waals surface area contributed by atoms with Crippen LogP contribution in [-0.4, -0.2) is 5.60 Å². The number of aryl methyl sites for hydroxylation is 1. The van der Waals surface area contributed by atoms with E-state index in [4.69, 9.17) is 9.15 Å². The maximum atomic E-state index is 12.6. The number of nitriles is 3. The number of hydrogen-bond acceptors (Lipinski definition) is 6. The van der Waals surface area contributed by atoms with Crippen molar-refractivity contribution in [2.24, 2.45) is 0 Å². The summed E-state index contributed by atoms with van der Waals surface area (Å²) in [5, 5.41) is 28.8. The van der Waals surface area contributed by atoms with Crippen LogP contribution in [0.3, 0.4) is 0 Å². The Labute approximate surface area is 191 Å². The van der Waals surface area contributed by atoms with Crippen LogP contribution in [0.4, 0.5) is 0 Å². The summed E-state index contributed by atoms with van der Waals surface area (Å²) in [5.74, 6) is 6.28. The van der Waals surface area contributed by atoms with E-state index in [0.29, 0.717) is 16.7 Å². The highest BCUT2D eigenvalue weighted by molar-refractivity contribution is 5.82. The Hall–Kier alpha value is -4.52. The van der Waals surface area contributed by atoms with Crippen LogP contribution >= 0.6 is 0 Å². The molecule has 0 radical (unpaired) electrons. The third kappa shape index (κ3) is 4.04. The summed E-state index contributed by atoms with van der Waals surface area (Å²) < 4.78 is 11.3. The van der Waals surface area contributed by atoms with Gasteiger partial charge in [0, 0.05) is 22.9 Å². The van der Waals surface area contributed by atoms with Gasteiger partial charge in [0.05, 0.1) is 5.56 Å². The predicted molar refractivity (Wildman–Crippen MR) is 122 cm³/mol. The van der Waals surface area contributed by atoms with Crippen molar-refractivity contribution < 1.29 is 9.15 Å². The molecule has 1 aliphatic carbocycles. The van der Waals surface area contributed by atoms with E-state index in [1.54, 1.807) is 44.2 Å². The molecule has 0 saturated carbocycles. The zero-order chi connectivity index (χ0) is 23.6. The SMILES string of the molecule is CC1(C)OC(=C(C#N)C#N)C(C#N)=C1/C=C/c1cc2cc3c(cc2oc1=O)C#CCCCC3. The predicted octanol–water partition coefficient (Wildman–Crippen LogP) is 4.81. The molecule has 6 heteroatoms. The summed E-state index contributed by atoms with van der Waals surface area (Å²) >= 11 is 0. The Morgan fingerprint density at radius 2 is 1.91 bits per heavy atom. The second-order valence-electron chi connectivity index (χ2n) is 8.32. The van der Waals surface area contributed by atoms with E-state index in [1.165, 1.54) is 0 Å². The summed E-state index contributed by atoms with van der Waals surface area (Å²) in [4.78, 5) is 12.6. The Balaban J connectivity index is 1.81. The number of ether oxygens (including phenoxy) is 1. The zero-order valence-corrected chi connectivity index (χ0v) is 18.3. The van der Waals surface area contributed by atoms with E-state index in [9.17, 15) is 20.6 Å². The van der Waals surface area contributed by atoms with Gasteiger partial charge in [-0.15, -0.1) is 0 Å². The van der Waals surface area contributed by atoms with Gasteiger partial charge in [-0.2, -0.15) is 15.8 Å². The lowest BCUT2D eigenvalue weighted by atomic mass is 9.94. The number of hydrogen-bond donors (Lipinski definition) is 0. The Morgan fingerprint density at radius 1 is 1.12 bits per heavy atom. The van der Waals surface area contributed by atoms with Gasteiger partial charge in [-0.05, 0) is 62.9 Å². The number of benzene rings is 1. The average molecular weight is 433 g/mol. The van der Waals surface area contributed by atoms with E-state index in [-0.39, 0.29) is 16.9 Å². The van der Waals surface area contributed by atoms with Gasteiger partial charge in [-0.1, -0.05) is 17.9 Å². The Morgan fingerprint density at radius 3 is 2.64 bits per heavy atom. The molecule has 0 unspecified atom stereocenters. The van der Waals surface area contributed by atoms with E-state index in [1.807, 2.05) is 18.2 Å². The van der Waals surface area contributed by atoms with Crippen molar-refractivity contribution in [3.63, 3.8) is 0 Å². The summed E-state index contributed by atoms with van der Waals surface area (Å²) in [5.41, 5.74) is 1.65. The fourth-order valence-corrected chi connectivity index (χ4v) is 4.01. The lowest BCUT2D eigenvalue weighted by Gasteiger charge is -2.20. The third-order valence-electron chi connectivity index (χ3n) is 5.70. The van der Waals surface area contributed by atoms with Gasteiger partial charge in [-0.25, -0.2) is 4.79 Å². The fraction of sp³-hybridized carbons (Fsp3) is 0.259. The van der Waals surface area contributed by atoms with Crippen molar-refractivity contribution in [2.75, 3.05) is 0 Å². The average Bonchev–Trinajstić information content (AvgIpc) is 3.03. The minimum Gasteiger partial charge on any atom is -0.480 e. The number of fused-ring (bicyclic) bond motifs is 2. The topological polar surface area (TPSA) is 111 Å². The summed E-state index contributed by atoms with van der Waals surface area (Å²) in [6, 6.07) is 11.1. The molecular formula is C27H19N3O3. The molecule has 1 aromatic carbocycles. The van der Waals surface area contributed by atoms with Crippen LogP contribution in [0.25, 0.3) is 17.0 Å². The Bertz CT molecular complexity index is 1500. The second kappa shape index (κ2) is 8.55. The lowest BCUT2D eigenvalue weighted by Crippen LogP contribution is -2.20. The molecule has 0 atom stereocenters. The van der Waals surface area contributed by atoms with Gasteiger partial charge < -0.3 is 9.15 Å². The molecule has 2 aliphatic rings. The molecule has 33 heavy (non-hydrogen) atoms. The lowest BCUT2D eigenvalue weighted by molar-refractivity contribution is 0.0954. The van der Waals surface area contributed by atoms with Crippen LogP contribution in [0.5, 0.6) is 0 Å². The molecule has 1 aromatic heterocycles. The molecule has 1 aliphatic heterocycles. The van der Waals surface area contributed by atoms with Gasteiger partial charge in [0.1, 0.15) is 35.0 Å². The summed E-state index contributed by atoms with van der Waals surface area (Å²) in [6.45, 7) is 3.45. The fourth-order valence-electron chi connectivity index (χ4n) is 4.01. The molecule has 0 saturated heterocycles. The molecule has 2 heterocycles. The monoisotopic (exact) mass is 433 g/mol. The first-order valence-electron chi connectivity index (χ1n) is 10.5. The third-order valence-corrected chi connectivity index (χ3v) is 5.70. The smallest absolute Gasteiger partial charge is 0.343 e. The number of rotatable bonds is 2. The van der Waals surface area contributed by atoms with Crippen molar-refractivity contribution in [2.45, 2.75) is 45.1 Å². The van der Waals surface area contributed by atoms with Crippen LogP contribution in [0.2, 0.25) is 0 Å². The minimum absolute atomic E-state index is 0.0441. The second-order valence-corrected chi connectivity index (χ2v) is 8.32. The van der Waals surface area contributed by atoms with Crippen LogP contribution in [0.15, 0.2) is 56.0 Å². The van der Waals surface area contributed by atoms with Gasteiger partial charge in [0.15, 0.2) is 11.3 Å². The molecule has 160 valence electrons. The van der Waals surface area contributed by atoms with Crippen LogP contribution < -0.4 is 5.63 Å². The molecule has 0 amide bonds. The largest absolute Gasteiger partial charge is 0.480 e. The van der Waals surface area contributed by atoms with E-state index in [0.717, 1.165) is 42.2 Å². The minimum atomic E-state index is -0.957. The summed E-state index contributed by atoms with van der Waals surface area (Å²) in [7, 11) is 0. The maximum Gasteiger partial charge on any atom is 0.343 e. The van der Waals surface area contributed by atoms with E-state index >= 15 is 0 Å². The normalized spacial score (nSPS) is 16.5. The first-order chi connectivity index (χ1) is 15.9. The molecule has 0 bridgehead atoms. The number of allylic oxidation sites excluding steroid dienone is 2. The van der Waals surface area contributed by atoms with Gasteiger partial charge in [0.2, 0.25) is 0 Å². The quantitative estimate of drug-likeness (QED) is 0.382. The first-order valence-corrected chi connectivity index (χ1v) is 10.5. The van der Waals surface area contributed by atoms with Gasteiger partial charge >= 0.3 is 5.63 Å². The zero-order valence-electron chi connectivity index (χ0n) is 18.3. The van der Waals surface area contributed by atoms with Crippen molar-refractivity contribution in [3.05, 3.63) is 73.9 Å². The molecule has 0 spiro atoms. The van der Waals surface area contributed by atoms with Crippen molar-refractivity contribution in [3.8, 4) is 30.0 Å². The standard InChI is InChI=1S/C27H19N3O3/c1-27(2)23(22(16-30)25(33-27)21(14-28)15-29)10-9-19-12-20-11-17-7-5-3-4-6-8-18(17)13-24(20)32-26(19)31/h9-13H,3-5,7H2,1-2H3/b10-9+. The van der Waals surface area contributed by atoms with E-state index in [2.05, 4.69) is 11.8 Å². The van der Waals surface area contributed by atoms with Gasteiger partial charge in [0.25, 0.3) is 0 Å². The van der Waals surface area contributed by atoms with E-state index < -0.39 is 11.2 Å². The highest BCUT2D eigenvalue weighted by Crippen LogP contribution is 2.40. The van der Waals surface area contributed by atoms with Crippen LogP contribution in [0, 0.1) is 45.8 Å². The molecule has 6 nitrogen and oxygen atoms in total. The Kier molecular flexibility index (Phi) is 5.62. The summed E-state index contributed by atoms with van der Waals surface area (Å²) in [6.07, 6.45) is 7.08. The van der Waals surface area contributed by atoms with Crippen molar-refractivity contribution >= 4 is 17.0 Å². The molecule has 2 aromatic rings. The van der Waals surface area contributed by atoms with Crippen LogP contribution in [0.1, 0.15) is 49.8 Å².